The fourth-order valence-corrected chi connectivity index (χ4v) is 5.04. The zero-order valence-corrected chi connectivity index (χ0v) is 22.6. The summed E-state index contributed by atoms with van der Waals surface area (Å²) in [6.07, 6.45) is 7.16. The molecule has 41 heavy (non-hydrogen) atoms. The Kier molecular flexibility index (Phi) is 7.12. The number of amides is 1. The smallest absolute Gasteiger partial charge is 0.298 e. The van der Waals surface area contributed by atoms with E-state index in [1.54, 1.807) is 53.7 Å². The van der Waals surface area contributed by atoms with Crippen LogP contribution in [0.15, 0.2) is 55.2 Å². The van der Waals surface area contributed by atoms with Crippen LogP contribution < -0.4 is 10.1 Å². The van der Waals surface area contributed by atoms with E-state index < -0.39 is 5.82 Å². The highest BCUT2D eigenvalue weighted by Crippen LogP contribution is 2.34. The fraction of sp³-hybridized carbons (Fsp3) is 0.267. The summed E-state index contributed by atoms with van der Waals surface area (Å²) in [5.74, 6) is 6.22. The van der Waals surface area contributed by atoms with Gasteiger partial charge in [0.05, 0.1) is 11.2 Å². The third kappa shape index (κ3) is 5.36. The SMILES string of the molecule is CC#CC(=O)N1CCC[C@@H](c2ccc3ncnc(Nc4ccc(Oc5ccn6ncnc6c5)c(C)c4F)c3n2)CC1. The molecular weight excluding hydrogens is 523 g/mol. The second-order valence-electron chi connectivity index (χ2n) is 9.82. The second kappa shape index (κ2) is 11.2. The zero-order chi connectivity index (χ0) is 28.3. The lowest BCUT2D eigenvalue weighted by molar-refractivity contribution is -0.125. The van der Waals surface area contributed by atoms with Gasteiger partial charge in [-0.15, -0.1) is 0 Å². The molecule has 1 atom stereocenters. The van der Waals surface area contributed by atoms with Crippen LogP contribution in [0.1, 0.15) is 43.4 Å². The van der Waals surface area contributed by atoms with Gasteiger partial charge >= 0.3 is 0 Å². The van der Waals surface area contributed by atoms with Crippen molar-refractivity contribution in [2.45, 2.75) is 39.0 Å². The van der Waals surface area contributed by atoms with Gasteiger partial charge in [0.25, 0.3) is 5.91 Å². The van der Waals surface area contributed by atoms with Crippen molar-refractivity contribution < 1.29 is 13.9 Å². The van der Waals surface area contributed by atoms with E-state index in [9.17, 15) is 4.79 Å². The van der Waals surface area contributed by atoms with Crippen molar-refractivity contribution in [2.24, 2.45) is 0 Å². The molecule has 4 aromatic heterocycles. The van der Waals surface area contributed by atoms with Gasteiger partial charge in [0.2, 0.25) is 0 Å². The third-order valence-corrected chi connectivity index (χ3v) is 7.24. The number of aromatic nitrogens is 6. The number of rotatable bonds is 5. The number of ether oxygens (including phenoxy) is 1. The molecule has 0 radical (unpaired) electrons. The molecule has 5 aromatic rings. The summed E-state index contributed by atoms with van der Waals surface area (Å²) in [6, 6.07) is 10.7. The molecule has 1 aliphatic heterocycles. The first-order valence-electron chi connectivity index (χ1n) is 13.4. The van der Waals surface area contributed by atoms with Crippen molar-refractivity contribution >= 4 is 34.1 Å². The Morgan fingerprint density at radius 2 is 2.00 bits per heavy atom. The van der Waals surface area contributed by atoms with Crippen LogP contribution in [0.3, 0.4) is 0 Å². The Morgan fingerprint density at radius 1 is 1.10 bits per heavy atom. The van der Waals surface area contributed by atoms with Gasteiger partial charge in [-0.2, -0.15) is 5.10 Å². The van der Waals surface area contributed by atoms with E-state index in [1.165, 1.54) is 12.7 Å². The minimum atomic E-state index is -0.460. The molecule has 0 saturated carbocycles. The molecule has 1 fully saturated rings. The highest BCUT2D eigenvalue weighted by Gasteiger charge is 2.23. The van der Waals surface area contributed by atoms with E-state index in [2.05, 4.69) is 37.2 Å². The number of nitrogens with zero attached hydrogens (tertiary/aromatic N) is 7. The quantitative estimate of drug-likeness (QED) is 0.299. The molecule has 11 heteroatoms. The first-order valence-corrected chi connectivity index (χ1v) is 13.4. The van der Waals surface area contributed by atoms with Gasteiger partial charge in [-0.3, -0.25) is 4.79 Å². The van der Waals surface area contributed by atoms with E-state index in [-0.39, 0.29) is 17.5 Å². The van der Waals surface area contributed by atoms with Gasteiger partial charge in [0.1, 0.15) is 29.7 Å². The van der Waals surface area contributed by atoms with Crippen LogP contribution in [0, 0.1) is 24.6 Å². The van der Waals surface area contributed by atoms with E-state index in [0.717, 1.165) is 25.0 Å². The van der Waals surface area contributed by atoms with Crippen LogP contribution in [0.5, 0.6) is 11.5 Å². The number of fused-ring (bicyclic) bond motifs is 2. The summed E-state index contributed by atoms with van der Waals surface area (Å²) in [5, 5.41) is 7.18. The van der Waals surface area contributed by atoms with Crippen molar-refractivity contribution in [3.8, 4) is 23.3 Å². The number of likely N-dealkylation sites (tertiary alicyclic amines) is 1. The largest absolute Gasteiger partial charge is 0.457 e. The van der Waals surface area contributed by atoms with E-state index in [4.69, 9.17) is 9.72 Å². The van der Waals surface area contributed by atoms with Crippen LogP contribution in [-0.4, -0.2) is 53.4 Å². The van der Waals surface area contributed by atoms with Gasteiger partial charge in [0.15, 0.2) is 17.3 Å². The predicted octanol–water partition coefficient (Wildman–Crippen LogP) is 5.17. The van der Waals surface area contributed by atoms with E-state index >= 15 is 4.39 Å². The van der Waals surface area contributed by atoms with Crippen molar-refractivity contribution in [2.75, 3.05) is 18.4 Å². The Hall–Kier alpha value is -5.11. The lowest BCUT2D eigenvalue weighted by atomic mass is 9.96. The molecular formula is C30H27FN8O2. The van der Waals surface area contributed by atoms with E-state index in [0.29, 0.717) is 52.7 Å². The molecule has 10 nitrogen and oxygen atoms in total. The van der Waals surface area contributed by atoms with Crippen LogP contribution in [0.25, 0.3) is 16.7 Å². The number of carbonyl (C=O) groups excluding carboxylic acids is 1. The molecule has 0 unspecified atom stereocenters. The molecule has 1 aromatic carbocycles. The first kappa shape index (κ1) is 26.1. The molecule has 5 heterocycles. The molecule has 1 saturated heterocycles. The highest BCUT2D eigenvalue weighted by atomic mass is 19.1. The number of benzene rings is 1. The Labute approximate surface area is 235 Å². The van der Waals surface area contributed by atoms with Crippen molar-refractivity contribution in [3.05, 3.63) is 72.3 Å². The number of hydrogen-bond acceptors (Lipinski definition) is 8. The average molecular weight is 551 g/mol. The van der Waals surface area contributed by atoms with Crippen molar-refractivity contribution in [1.82, 2.24) is 34.4 Å². The maximum absolute atomic E-state index is 15.6. The molecule has 0 bridgehead atoms. The average Bonchev–Trinajstić information content (AvgIpc) is 3.31. The maximum Gasteiger partial charge on any atom is 0.298 e. The molecule has 0 aliphatic carbocycles. The number of nitrogens with one attached hydrogen (secondary N) is 1. The number of hydrogen-bond donors (Lipinski definition) is 1. The van der Waals surface area contributed by atoms with Gasteiger partial charge in [-0.25, -0.2) is 28.8 Å². The Bertz CT molecular complexity index is 1830. The lowest BCUT2D eigenvalue weighted by Crippen LogP contribution is -2.30. The van der Waals surface area contributed by atoms with Gasteiger partial charge in [-0.1, -0.05) is 5.92 Å². The number of carbonyl (C=O) groups is 1. The molecule has 1 amide bonds. The monoisotopic (exact) mass is 550 g/mol. The number of anilines is 2. The summed E-state index contributed by atoms with van der Waals surface area (Å²) in [5.41, 5.74) is 3.32. The summed E-state index contributed by atoms with van der Waals surface area (Å²) < 4.78 is 23.1. The zero-order valence-electron chi connectivity index (χ0n) is 22.6. The number of halogens is 1. The van der Waals surface area contributed by atoms with Crippen molar-refractivity contribution in [1.29, 1.82) is 0 Å². The summed E-state index contributed by atoms with van der Waals surface area (Å²) in [6.45, 7) is 4.63. The molecule has 206 valence electrons. The van der Waals surface area contributed by atoms with Crippen molar-refractivity contribution in [3.63, 3.8) is 0 Å². The minimum Gasteiger partial charge on any atom is -0.457 e. The first-order chi connectivity index (χ1) is 20.0. The maximum atomic E-state index is 15.6. The van der Waals surface area contributed by atoms with E-state index in [1.807, 2.05) is 12.1 Å². The predicted molar refractivity (Wildman–Crippen MR) is 151 cm³/mol. The molecule has 1 N–H and O–H groups in total. The van der Waals surface area contributed by atoms with Crippen LogP contribution in [0.2, 0.25) is 0 Å². The normalized spacial score (nSPS) is 15.3. The summed E-state index contributed by atoms with van der Waals surface area (Å²) >= 11 is 0. The topological polar surface area (TPSA) is 110 Å². The Morgan fingerprint density at radius 3 is 2.88 bits per heavy atom. The highest BCUT2D eigenvalue weighted by molar-refractivity contribution is 5.93. The third-order valence-electron chi connectivity index (χ3n) is 7.24. The molecule has 0 spiro atoms. The second-order valence-corrected chi connectivity index (χ2v) is 9.82. The van der Waals surface area contributed by atoms with Crippen LogP contribution in [0.4, 0.5) is 15.9 Å². The van der Waals surface area contributed by atoms with Gasteiger partial charge < -0.3 is 15.0 Å². The molecule has 6 rings (SSSR count). The van der Waals surface area contributed by atoms with Gasteiger partial charge in [-0.05, 0) is 69.4 Å². The van der Waals surface area contributed by atoms with Gasteiger partial charge in [0, 0.05) is 42.5 Å². The van der Waals surface area contributed by atoms with Crippen LogP contribution >= 0.6 is 0 Å². The minimum absolute atomic E-state index is 0.135. The number of pyridine rings is 2. The summed E-state index contributed by atoms with van der Waals surface area (Å²) in [7, 11) is 0. The fourth-order valence-electron chi connectivity index (χ4n) is 5.04. The Balaban J connectivity index is 1.24. The summed E-state index contributed by atoms with van der Waals surface area (Å²) in [4.78, 5) is 31.9. The van der Waals surface area contributed by atoms with Crippen LogP contribution in [-0.2, 0) is 4.79 Å². The lowest BCUT2D eigenvalue weighted by Gasteiger charge is -2.18. The molecule has 1 aliphatic rings. The standard InChI is InChI=1S/C30H27FN8O2/c1-3-5-27(40)38-13-4-6-20(11-14-38)22-7-8-24-29(36-22)30(34-17-32-24)37-23-9-10-25(19(2)28(23)31)41-21-12-15-39-26(16-21)33-18-35-39/h7-10,12,15-18,20H,4,6,11,13-14H2,1-2H3,(H,32,34,37)/t20-/m1/s1.